The lowest BCUT2D eigenvalue weighted by atomic mass is 10.1. The van der Waals surface area contributed by atoms with Gasteiger partial charge >= 0.3 is 12.1 Å². The van der Waals surface area contributed by atoms with Gasteiger partial charge in [0.2, 0.25) is 0 Å². The predicted molar refractivity (Wildman–Crippen MR) is 71.1 cm³/mol. The molecule has 1 aromatic rings. The lowest BCUT2D eigenvalue weighted by molar-refractivity contribution is -0.384. The minimum atomic E-state index is -1.05. The van der Waals surface area contributed by atoms with E-state index in [1.807, 2.05) is 0 Å². The molecule has 0 saturated carbocycles. The number of carboxylic acid groups (broad SMARTS) is 1. The SMILES string of the molecule is C[C@H]1CN(C(=O)O)C[C@H]1OC(=O)c1ccc([N+](=O)[O-])cc1. The molecule has 0 unspecified atom stereocenters. The molecule has 0 radical (unpaired) electrons. The Labute approximate surface area is 120 Å². The fraction of sp³-hybridized carbons (Fsp3) is 0.385. The molecule has 1 heterocycles. The number of esters is 1. The van der Waals surface area contributed by atoms with Gasteiger partial charge in [-0.3, -0.25) is 10.1 Å². The van der Waals surface area contributed by atoms with Crippen LogP contribution >= 0.6 is 0 Å². The number of amides is 1. The highest BCUT2D eigenvalue weighted by molar-refractivity contribution is 5.89. The number of carbonyl (C=O) groups excluding carboxylic acids is 1. The van der Waals surface area contributed by atoms with Crippen molar-refractivity contribution in [2.24, 2.45) is 5.92 Å². The molecule has 21 heavy (non-hydrogen) atoms. The van der Waals surface area contributed by atoms with Crippen LogP contribution in [0.4, 0.5) is 10.5 Å². The zero-order valence-electron chi connectivity index (χ0n) is 11.3. The molecule has 2 atom stereocenters. The molecule has 2 rings (SSSR count). The van der Waals surface area contributed by atoms with E-state index < -0.39 is 23.1 Å². The average molecular weight is 294 g/mol. The molecule has 1 saturated heterocycles. The number of hydrogen-bond donors (Lipinski definition) is 1. The highest BCUT2D eigenvalue weighted by atomic mass is 16.6. The van der Waals surface area contributed by atoms with Crippen LogP contribution < -0.4 is 0 Å². The lowest BCUT2D eigenvalue weighted by Gasteiger charge is -2.15. The van der Waals surface area contributed by atoms with Crippen molar-refractivity contribution in [3.8, 4) is 0 Å². The molecule has 1 amide bonds. The topological polar surface area (TPSA) is 110 Å². The summed E-state index contributed by atoms with van der Waals surface area (Å²) < 4.78 is 5.28. The van der Waals surface area contributed by atoms with Gasteiger partial charge in [-0.25, -0.2) is 9.59 Å². The summed E-state index contributed by atoms with van der Waals surface area (Å²) in [6, 6.07) is 5.07. The van der Waals surface area contributed by atoms with Crippen molar-refractivity contribution in [3.63, 3.8) is 0 Å². The highest BCUT2D eigenvalue weighted by Gasteiger charge is 2.35. The quantitative estimate of drug-likeness (QED) is 0.516. The van der Waals surface area contributed by atoms with E-state index in [-0.39, 0.29) is 23.7 Å². The van der Waals surface area contributed by atoms with Gasteiger partial charge in [0.25, 0.3) is 5.69 Å². The molecule has 1 aromatic carbocycles. The van der Waals surface area contributed by atoms with Crippen LogP contribution in [0, 0.1) is 16.0 Å². The number of carbonyl (C=O) groups is 2. The molecule has 1 aliphatic rings. The smallest absolute Gasteiger partial charge is 0.407 e. The molecule has 0 aromatic heterocycles. The van der Waals surface area contributed by atoms with Crippen molar-refractivity contribution < 1.29 is 24.4 Å². The molecule has 1 fully saturated rings. The van der Waals surface area contributed by atoms with Gasteiger partial charge in [-0.05, 0) is 12.1 Å². The summed E-state index contributed by atoms with van der Waals surface area (Å²) in [7, 11) is 0. The van der Waals surface area contributed by atoms with Crippen LogP contribution in [-0.2, 0) is 4.74 Å². The molecule has 8 nitrogen and oxygen atoms in total. The zero-order valence-corrected chi connectivity index (χ0v) is 11.3. The largest absolute Gasteiger partial charge is 0.465 e. The van der Waals surface area contributed by atoms with Gasteiger partial charge < -0.3 is 14.7 Å². The van der Waals surface area contributed by atoms with Crippen LogP contribution in [0.15, 0.2) is 24.3 Å². The van der Waals surface area contributed by atoms with Crippen molar-refractivity contribution >= 4 is 17.7 Å². The summed E-state index contributed by atoms with van der Waals surface area (Å²) in [5, 5.41) is 19.4. The number of nitro benzene ring substituents is 1. The van der Waals surface area contributed by atoms with Gasteiger partial charge in [0.1, 0.15) is 6.10 Å². The van der Waals surface area contributed by atoms with E-state index in [1.54, 1.807) is 6.92 Å². The van der Waals surface area contributed by atoms with Gasteiger partial charge in [0.15, 0.2) is 0 Å². The van der Waals surface area contributed by atoms with E-state index in [0.29, 0.717) is 6.54 Å². The number of nitrogens with zero attached hydrogens (tertiary/aromatic N) is 2. The average Bonchev–Trinajstić information content (AvgIpc) is 2.80. The molecular formula is C13H14N2O6. The fourth-order valence-corrected chi connectivity index (χ4v) is 2.17. The maximum atomic E-state index is 11.9. The molecule has 1 N–H and O–H groups in total. The van der Waals surface area contributed by atoms with E-state index >= 15 is 0 Å². The summed E-state index contributed by atoms with van der Waals surface area (Å²) in [5.41, 5.74) is 0.0828. The molecule has 0 spiro atoms. The summed E-state index contributed by atoms with van der Waals surface area (Å²) in [4.78, 5) is 34.0. The van der Waals surface area contributed by atoms with Gasteiger partial charge in [-0.15, -0.1) is 0 Å². The molecule has 112 valence electrons. The third-order valence-corrected chi connectivity index (χ3v) is 3.39. The number of ether oxygens (including phenoxy) is 1. The second-order valence-corrected chi connectivity index (χ2v) is 4.91. The Morgan fingerprint density at radius 1 is 1.33 bits per heavy atom. The van der Waals surface area contributed by atoms with E-state index in [4.69, 9.17) is 9.84 Å². The predicted octanol–water partition coefficient (Wildman–Crippen LogP) is 1.75. The normalized spacial score (nSPS) is 21.1. The summed E-state index contributed by atoms with van der Waals surface area (Å²) in [6.07, 6.45) is -1.56. The highest BCUT2D eigenvalue weighted by Crippen LogP contribution is 2.21. The number of hydrogen-bond acceptors (Lipinski definition) is 5. The van der Waals surface area contributed by atoms with Crippen LogP contribution in [0.2, 0.25) is 0 Å². The molecular weight excluding hydrogens is 280 g/mol. The van der Waals surface area contributed by atoms with Crippen LogP contribution in [0.3, 0.4) is 0 Å². The Balaban J connectivity index is 2.01. The van der Waals surface area contributed by atoms with Crippen LogP contribution in [0.25, 0.3) is 0 Å². The Morgan fingerprint density at radius 2 is 1.95 bits per heavy atom. The van der Waals surface area contributed by atoms with Crippen molar-refractivity contribution in [1.82, 2.24) is 4.90 Å². The standard InChI is InChI=1S/C13H14N2O6/c1-8-6-14(13(17)18)7-11(8)21-12(16)9-2-4-10(5-3-9)15(19)20/h2-5,8,11H,6-7H2,1H3,(H,17,18)/t8-,11+/m0/s1. The van der Waals surface area contributed by atoms with Crippen LogP contribution in [0.5, 0.6) is 0 Å². The Hall–Kier alpha value is -2.64. The van der Waals surface area contributed by atoms with Gasteiger partial charge in [-0.1, -0.05) is 6.92 Å². The first-order valence-corrected chi connectivity index (χ1v) is 6.32. The Kier molecular flexibility index (Phi) is 4.06. The first kappa shape index (κ1) is 14.8. The number of rotatable bonds is 3. The second-order valence-electron chi connectivity index (χ2n) is 4.91. The lowest BCUT2D eigenvalue weighted by Crippen LogP contribution is -2.29. The van der Waals surface area contributed by atoms with Crippen LogP contribution in [-0.4, -0.2) is 46.2 Å². The van der Waals surface area contributed by atoms with Gasteiger partial charge in [-0.2, -0.15) is 0 Å². The molecule has 0 aliphatic carbocycles. The van der Waals surface area contributed by atoms with Crippen molar-refractivity contribution in [2.45, 2.75) is 13.0 Å². The minimum absolute atomic E-state index is 0.0944. The third kappa shape index (κ3) is 3.28. The van der Waals surface area contributed by atoms with Crippen molar-refractivity contribution in [3.05, 3.63) is 39.9 Å². The maximum absolute atomic E-state index is 11.9. The van der Waals surface area contributed by atoms with Gasteiger partial charge in [0.05, 0.1) is 17.0 Å². The van der Waals surface area contributed by atoms with E-state index in [1.165, 1.54) is 29.2 Å². The first-order valence-electron chi connectivity index (χ1n) is 6.32. The number of likely N-dealkylation sites (tertiary alicyclic amines) is 1. The fourth-order valence-electron chi connectivity index (χ4n) is 2.17. The zero-order chi connectivity index (χ0) is 15.6. The summed E-state index contributed by atoms with van der Waals surface area (Å²) in [6.45, 7) is 2.25. The third-order valence-electron chi connectivity index (χ3n) is 3.39. The van der Waals surface area contributed by atoms with Gasteiger partial charge in [0, 0.05) is 24.6 Å². The van der Waals surface area contributed by atoms with E-state index in [9.17, 15) is 19.7 Å². The molecule has 8 heteroatoms. The van der Waals surface area contributed by atoms with E-state index in [2.05, 4.69) is 0 Å². The van der Waals surface area contributed by atoms with Crippen LogP contribution in [0.1, 0.15) is 17.3 Å². The number of nitro groups is 1. The van der Waals surface area contributed by atoms with Crippen molar-refractivity contribution in [1.29, 1.82) is 0 Å². The van der Waals surface area contributed by atoms with E-state index in [0.717, 1.165) is 0 Å². The second kappa shape index (κ2) is 5.78. The maximum Gasteiger partial charge on any atom is 0.407 e. The Morgan fingerprint density at radius 3 is 2.43 bits per heavy atom. The minimum Gasteiger partial charge on any atom is -0.465 e. The van der Waals surface area contributed by atoms with Crippen molar-refractivity contribution in [2.75, 3.05) is 13.1 Å². The monoisotopic (exact) mass is 294 g/mol. The summed E-state index contributed by atoms with van der Waals surface area (Å²) >= 11 is 0. The number of non-ortho nitro benzene ring substituents is 1. The molecule has 1 aliphatic heterocycles. The number of benzene rings is 1. The first-order chi connectivity index (χ1) is 9.88. The summed E-state index contributed by atoms with van der Waals surface area (Å²) in [5.74, 6) is -0.711. The molecule has 0 bridgehead atoms. The Bertz CT molecular complexity index is 571.